The van der Waals surface area contributed by atoms with Crippen LogP contribution in [0.5, 0.6) is 0 Å². The molecule has 0 bridgehead atoms. The molecule has 5 rings (SSSR count). The molecule has 0 radical (unpaired) electrons. The Bertz CT molecular complexity index is 2160. The van der Waals surface area contributed by atoms with Crippen LogP contribution in [-0.4, -0.2) is 60.8 Å². The molecule has 4 aliphatic rings. The number of quaternary nitrogens is 2. The number of benzene rings is 1. The number of nitrogens with two attached hydrogens (primary N) is 4. The van der Waals surface area contributed by atoms with Crippen LogP contribution in [0, 0.1) is 0 Å². The molecule has 0 saturated heterocycles. The Hall–Kier alpha value is -3.53. The summed E-state index contributed by atoms with van der Waals surface area (Å²) >= 11 is 0. The van der Waals surface area contributed by atoms with Crippen molar-refractivity contribution in [2.24, 2.45) is 22.9 Å². The van der Waals surface area contributed by atoms with Gasteiger partial charge in [-0.05, 0) is 101 Å². The maximum atomic E-state index is 9.75. The van der Waals surface area contributed by atoms with Crippen molar-refractivity contribution >= 4 is 25.9 Å². The highest BCUT2D eigenvalue weighted by molar-refractivity contribution is 6.50. The van der Waals surface area contributed by atoms with Crippen molar-refractivity contribution in [3.8, 4) is 0 Å². The summed E-state index contributed by atoms with van der Waals surface area (Å²) in [5.74, 6) is 0. The molecule has 94 heavy (non-hydrogen) atoms. The van der Waals surface area contributed by atoms with Gasteiger partial charge in [0.1, 0.15) is 33.5 Å². The Balaban J connectivity index is 0.00000213. The van der Waals surface area contributed by atoms with Gasteiger partial charge in [0.25, 0.3) is 0 Å². The van der Waals surface area contributed by atoms with E-state index in [1.807, 2.05) is 0 Å². The normalized spacial score (nSPS) is 25.0. The summed E-state index contributed by atoms with van der Waals surface area (Å²) in [5.41, 5.74) is 38.5. The number of rotatable bonds is 46. The predicted octanol–water partition coefficient (Wildman–Crippen LogP) is 21.3. The third-order valence-electron chi connectivity index (χ3n) is 20.7. The van der Waals surface area contributed by atoms with Crippen LogP contribution >= 0.6 is 0 Å². The maximum Gasteiger partial charge on any atom is 0.673 e. The minimum absolute atomic E-state index is 0.172. The number of hydrogen-bond donors (Lipinski definition) is 6. The molecule has 8 atom stereocenters. The summed E-state index contributed by atoms with van der Waals surface area (Å²) in [7, 11) is -12.0. The van der Waals surface area contributed by atoms with E-state index in [0.29, 0.717) is 0 Å². The first-order chi connectivity index (χ1) is 44.9. The molecule has 0 amide bonds. The minimum atomic E-state index is -6.00. The molecule has 16 heteroatoms. The molecule has 538 valence electrons. The highest BCUT2D eigenvalue weighted by Gasteiger charge is 2.59. The lowest BCUT2D eigenvalue weighted by Crippen LogP contribution is -3.26. The highest BCUT2D eigenvalue weighted by Crippen LogP contribution is 2.39. The van der Waals surface area contributed by atoms with Crippen molar-refractivity contribution in [1.82, 2.24) is 0 Å². The molecule has 0 aromatic heterocycles. The van der Waals surface area contributed by atoms with Crippen molar-refractivity contribution in [1.29, 1.82) is 0 Å². The Morgan fingerprint density at radius 1 is 0.287 bits per heavy atom. The number of halogens is 8. The minimum Gasteiger partial charge on any atom is -0.418 e. The van der Waals surface area contributed by atoms with Gasteiger partial charge in [-0.25, -0.2) is 0 Å². The van der Waals surface area contributed by atoms with Crippen LogP contribution in [0.15, 0.2) is 119 Å². The lowest BCUT2D eigenvalue weighted by atomic mass is 9.70. The molecule has 0 heterocycles. The summed E-state index contributed by atoms with van der Waals surface area (Å²) in [4.78, 5) is 2.90. The van der Waals surface area contributed by atoms with Gasteiger partial charge in [-0.1, -0.05) is 280 Å². The first kappa shape index (κ1) is 84.7. The van der Waals surface area contributed by atoms with Gasteiger partial charge < -0.3 is 57.5 Å². The first-order valence-corrected chi connectivity index (χ1v) is 38.2. The van der Waals surface area contributed by atoms with Crippen LogP contribution < -0.4 is 32.7 Å². The molecular formula is C78H134B2F8N6. The molecule has 8 unspecified atom stereocenters. The zero-order valence-corrected chi connectivity index (χ0v) is 60.3. The average molecular weight is 1330 g/mol. The van der Waals surface area contributed by atoms with Crippen LogP contribution in [0.25, 0.3) is 0 Å². The fourth-order valence-corrected chi connectivity index (χ4v) is 15.5. The van der Waals surface area contributed by atoms with Crippen LogP contribution in [0.3, 0.4) is 0 Å². The van der Waals surface area contributed by atoms with Crippen LogP contribution in [0.2, 0.25) is 0 Å². The van der Waals surface area contributed by atoms with Gasteiger partial charge in [0.05, 0.1) is 24.2 Å². The number of nitrogens with one attached hydrogen (secondary N) is 2. The molecule has 0 saturated carbocycles. The largest absolute Gasteiger partial charge is 0.673 e. The summed E-state index contributed by atoms with van der Waals surface area (Å²) in [6.45, 7) is 18.6. The number of unbranched alkanes of at least 4 members (excludes halogenated alkanes) is 24. The van der Waals surface area contributed by atoms with Crippen molar-refractivity contribution in [2.75, 3.05) is 0 Å². The Labute approximate surface area is 568 Å². The molecular weight excluding hydrogens is 1190 g/mol. The second-order valence-electron chi connectivity index (χ2n) is 28.4. The number of allylic oxidation sites excluding steroid dienone is 8. The van der Waals surface area contributed by atoms with Crippen LogP contribution in [0.1, 0.15) is 312 Å². The molecule has 0 fully saturated rings. The lowest BCUT2D eigenvalue weighted by Gasteiger charge is -2.55. The molecule has 1 aromatic rings. The Morgan fingerprint density at radius 2 is 0.457 bits per heavy atom. The van der Waals surface area contributed by atoms with Crippen molar-refractivity contribution in [2.45, 2.75) is 359 Å². The van der Waals surface area contributed by atoms with E-state index in [2.05, 4.69) is 153 Å². The van der Waals surface area contributed by atoms with Crippen molar-refractivity contribution in [3.05, 3.63) is 119 Å². The van der Waals surface area contributed by atoms with E-state index in [9.17, 15) is 34.5 Å². The molecule has 6 nitrogen and oxygen atoms in total. The van der Waals surface area contributed by atoms with E-state index in [1.165, 1.54) is 223 Å². The van der Waals surface area contributed by atoms with E-state index in [0.717, 1.165) is 77.0 Å². The fraction of sp³-hybridized carbons (Fsp3) is 0.718. The average Bonchev–Trinajstić information content (AvgIpc) is 0.728. The highest BCUT2D eigenvalue weighted by atomic mass is 19.5. The monoisotopic (exact) mass is 1330 g/mol. The smallest absolute Gasteiger partial charge is 0.418 e. The fourth-order valence-electron chi connectivity index (χ4n) is 15.5. The summed E-state index contributed by atoms with van der Waals surface area (Å²) in [6, 6.07) is 9.52. The second-order valence-corrected chi connectivity index (χ2v) is 28.4. The maximum absolute atomic E-state index is 9.75. The Kier molecular flexibility index (Phi) is 40.7. The van der Waals surface area contributed by atoms with E-state index in [-0.39, 0.29) is 24.2 Å². The summed E-state index contributed by atoms with van der Waals surface area (Å²) in [5, 5.41) is 0. The lowest BCUT2D eigenvalue weighted by molar-refractivity contribution is -0.933. The van der Waals surface area contributed by atoms with E-state index in [1.54, 1.807) is 0 Å². The molecule has 0 spiro atoms. The van der Waals surface area contributed by atoms with Gasteiger partial charge in [0.2, 0.25) is 0 Å². The first-order valence-electron chi connectivity index (χ1n) is 38.2. The van der Waals surface area contributed by atoms with Crippen LogP contribution in [0.4, 0.5) is 45.9 Å². The zero-order valence-electron chi connectivity index (χ0n) is 60.3. The Morgan fingerprint density at radius 3 is 0.617 bits per heavy atom. The van der Waals surface area contributed by atoms with Gasteiger partial charge in [-0.15, -0.1) is 0 Å². The van der Waals surface area contributed by atoms with Crippen molar-refractivity contribution < 1.29 is 44.3 Å². The SMILES string of the molecule is CCCCCCC1=CC(N)C(CCCCCC)([NH+](c2ccc([NH+](C3(CCCCCC)C=CC(CCCCCC)=CC3N)C3(CCCCCC)C=CC(CCCCCC)=CC3N)cc2)C2(CCCCCC)C=CC(CCCCCC)=CC2N)C=C1.F[B-](F)(F)F.F[B-](F)(F)F. The molecule has 1 aromatic carbocycles. The van der Waals surface area contributed by atoms with Gasteiger partial charge in [-0.3, -0.25) is 9.80 Å². The van der Waals surface area contributed by atoms with E-state index >= 15 is 0 Å². The van der Waals surface area contributed by atoms with E-state index < -0.39 is 36.7 Å². The number of hydrogen-bond acceptors (Lipinski definition) is 4. The summed E-state index contributed by atoms with van der Waals surface area (Å²) in [6.07, 6.45) is 78.1. The van der Waals surface area contributed by atoms with Gasteiger partial charge in [0, 0.05) is 49.9 Å². The summed E-state index contributed by atoms with van der Waals surface area (Å²) < 4.78 is 78.0. The second kappa shape index (κ2) is 45.2. The van der Waals surface area contributed by atoms with E-state index in [4.69, 9.17) is 22.9 Å². The third-order valence-corrected chi connectivity index (χ3v) is 20.7. The molecule has 4 aliphatic carbocycles. The molecule has 10 N–H and O–H groups in total. The van der Waals surface area contributed by atoms with Gasteiger partial charge in [-0.2, -0.15) is 0 Å². The van der Waals surface area contributed by atoms with Crippen LogP contribution in [-0.2, 0) is 0 Å². The quantitative estimate of drug-likeness (QED) is 0.0222. The molecule has 0 aliphatic heterocycles. The topological polar surface area (TPSA) is 113 Å². The van der Waals surface area contributed by atoms with Gasteiger partial charge in [0.15, 0.2) is 0 Å². The zero-order chi connectivity index (χ0) is 69.5. The standard InChI is InChI=1S/C78H132N6.2BF4/c1-9-17-25-33-41-65-49-57-75(71(79)61-65,53-37-29-21-13-5)83(76(54-38-30-22-14-6)58-50-66(62-72(76)80)42-34-26-18-10-2)69-45-47-70(48-46-69)84(77(55-39-31-23-15-7)59-51-67(63-73(77)81)43-35-27-19-11-3)78(56-40-32-24-16-8)60-52-68(64-74(78)82)44-36-28-20-12-4;2*2-1(3,4)5/h45-52,57-64,71-74H,9-44,53-56,79-82H2,1-8H3;;/q;2*-1/p+2. The van der Waals surface area contributed by atoms with Crippen molar-refractivity contribution in [3.63, 3.8) is 0 Å². The third kappa shape index (κ3) is 28.4. The van der Waals surface area contributed by atoms with Gasteiger partial charge >= 0.3 is 14.5 Å². The predicted molar refractivity (Wildman–Crippen MR) is 390 cm³/mol.